The highest BCUT2D eigenvalue weighted by Crippen LogP contribution is 2.27. The summed E-state index contributed by atoms with van der Waals surface area (Å²) in [6.07, 6.45) is 0. The van der Waals surface area contributed by atoms with Crippen LogP contribution in [0.1, 0.15) is 43.2 Å². The van der Waals surface area contributed by atoms with E-state index < -0.39 is 0 Å². The fourth-order valence-corrected chi connectivity index (χ4v) is 3.33. The molecule has 0 radical (unpaired) electrons. The number of rotatable bonds is 5. The first-order valence-corrected chi connectivity index (χ1v) is 11.0. The molecule has 1 aromatic heterocycles. The number of para-hydroxylation sites is 1. The molecule has 3 amide bonds. The summed E-state index contributed by atoms with van der Waals surface area (Å²) in [6, 6.07) is 15.1. The number of nitrogens with zero attached hydrogens (tertiary/aromatic N) is 3. The molecule has 0 saturated carbocycles. The highest BCUT2D eigenvalue weighted by Gasteiger charge is 2.23. The largest absolute Gasteiger partial charge is 0.322 e. The molecule has 0 fully saturated rings. The molecule has 0 aliphatic heterocycles. The molecular weight excluding hydrogens is 414 g/mol. The average molecular weight is 448 g/mol. The van der Waals surface area contributed by atoms with Crippen LogP contribution in [0.15, 0.2) is 48.5 Å². The van der Waals surface area contributed by atoms with Gasteiger partial charge in [0.2, 0.25) is 5.91 Å². The molecule has 0 atom stereocenters. The van der Waals surface area contributed by atoms with Crippen molar-refractivity contribution in [3.05, 3.63) is 70.9 Å². The zero-order valence-electron chi connectivity index (χ0n) is 20.5. The molecule has 0 bridgehead atoms. The minimum Gasteiger partial charge on any atom is -0.318 e. The SMILES string of the molecule is Cc1ccc(NC(=O)N(C)CC(=O)Nc2cc(C(C)(C)C)nn2-c2ccccc2C)cc1C. The maximum atomic E-state index is 12.8. The van der Waals surface area contributed by atoms with Gasteiger partial charge in [-0.2, -0.15) is 5.10 Å². The maximum Gasteiger partial charge on any atom is 0.322 e. The summed E-state index contributed by atoms with van der Waals surface area (Å²) in [5.74, 6) is 0.269. The van der Waals surface area contributed by atoms with Gasteiger partial charge >= 0.3 is 6.03 Å². The molecule has 2 N–H and O–H groups in total. The van der Waals surface area contributed by atoms with Crippen molar-refractivity contribution in [3.63, 3.8) is 0 Å². The van der Waals surface area contributed by atoms with Crippen LogP contribution in [-0.2, 0) is 10.2 Å². The van der Waals surface area contributed by atoms with E-state index in [2.05, 4.69) is 31.4 Å². The summed E-state index contributed by atoms with van der Waals surface area (Å²) in [6.45, 7) is 12.1. The summed E-state index contributed by atoms with van der Waals surface area (Å²) < 4.78 is 1.75. The van der Waals surface area contributed by atoms with Gasteiger partial charge in [-0.1, -0.05) is 45.0 Å². The highest BCUT2D eigenvalue weighted by atomic mass is 16.2. The van der Waals surface area contributed by atoms with E-state index in [-0.39, 0.29) is 23.9 Å². The molecule has 3 rings (SSSR count). The quantitative estimate of drug-likeness (QED) is 0.564. The molecule has 7 heteroatoms. The van der Waals surface area contributed by atoms with Crippen molar-refractivity contribution in [3.8, 4) is 5.69 Å². The summed E-state index contributed by atoms with van der Waals surface area (Å²) in [4.78, 5) is 26.8. The van der Waals surface area contributed by atoms with Gasteiger partial charge in [0.15, 0.2) is 0 Å². The van der Waals surface area contributed by atoms with Crippen molar-refractivity contribution < 1.29 is 9.59 Å². The minimum atomic E-state index is -0.351. The van der Waals surface area contributed by atoms with Gasteiger partial charge in [-0.3, -0.25) is 4.79 Å². The van der Waals surface area contributed by atoms with E-state index in [0.29, 0.717) is 11.5 Å². The molecule has 1 heterocycles. The number of benzene rings is 2. The lowest BCUT2D eigenvalue weighted by Gasteiger charge is -2.18. The third-order valence-corrected chi connectivity index (χ3v) is 5.57. The van der Waals surface area contributed by atoms with Crippen molar-refractivity contribution in [2.75, 3.05) is 24.2 Å². The Bertz CT molecular complexity index is 1170. The Morgan fingerprint density at radius 1 is 0.939 bits per heavy atom. The van der Waals surface area contributed by atoms with Gasteiger partial charge in [-0.15, -0.1) is 0 Å². The van der Waals surface area contributed by atoms with Gasteiger partial charge in [-0.05, 0) is 55.7 Å². The van der Waals surface area contributed by atoms with E-state index in [1.54, 1.807) is 11.7 Å². The molecule has 2 aromatic carbocycles. The number of anilines is 2. The number of hydrogen-bond donors (Lipinski definition) is 2. The van der Waals surface area contributed by atoms with Crippen LogP contribution in [0.25, 0.3) is 5.69 Å². The third-order valence-electron chi connectivity index (χ3n) is 5.57. The number of urea groups is 1. The lowest BCUT2D eigenvalue weighted by atomic mass is 9.92. The Labute approximate surface area is 195 Å². The third kappa shape index (κ3) is 5.80. The Balaban J connectivity index is 1.75. The molecule has 3 aromatic rings. The average Bonchev–Trinajstić information content (AvgIpc) is 3.15. The van der Waals surface area contributed by atoms with E-state index in [0.717, 1.165) is 28.1 Å². The number of likely N-dealkylation sites (N-methyl/N-ethyl adjacent to an activating group) is 1. The normalized spacial score (nSPS) is 11.2. The number of carbonyl (C=O) groups excluding carboxylic acids is 2. The predicted molar refractivity (Wildman–Crippen MR) is 133 cm³/mol. The molecule has 0 unspecified atom stereocenters. The van der Waals surface area contributed by atoms with Gasteiger partial charge < -0.3 is 15.5 Å². The smallest absolute Gasteiger partial charge is 0.318 e. The first-order chi connectivity index (χ1) is 15.5. The molecule has 7 nitrogen and oxygen atoms in total. The molecular formula is C26H33N5O2. The number of amides is 3. The topological polar surface area (TPSA) is 79.3 Å². The molecule has 0 aliphatic rings. The second-order valence-corrected chi connectivity index (χ2v) is 9.50. The van der Waals surface area contributed by atoms with Crippen LogP contribution in [0, 0.1) is 20.8 Å². The Kier molecular flexibility index (Phi) is 6.91. The van der Waals surface area contributed by atoms with Crippen molar-refractivity contribution in [2.24, 2.45) is 0 Å². The summed E-state index contributed by atoms with van der Waals surface area (Å²) in [5.41, 5.74) is 5.55. The zero-order valence-corrected chi connectivity index (χ0v) is 20.5. The molecule has 33 heavy (non-hydrogen) atoms. The summed E-state index contributed by atoms with van der Waals surface area (Å²) >= 11 is 0. The molecule has 174 valence electrons. The fourth-order valence-electron chi connectivity index (χ4n) is 3.33. The van der Waals surface area contributed by atoms with Crippen molar-refractivity contribution in [1.29, 1.82) is 0 Å². The number of aromatic nitrogens is 2. The fraction of sp³-hybridized carbons (Fsp3) is 0.346. The Morgan fingerprint density at radius 2 is 1.64 bits per heavy atom. The Morgan fingerprint density at radius 3 is 2.27 bits per heavy atom. The van der Waals surface area contributed by atoms with Crippen LogP contribution < -0.4 is 10.6 Å². The predicted octanol–water partition coefficient (Wildman–Crippen LogP) is 5.20. The minimum absolute atomic E-state index is 0.0967. The number of nitrogens with one attached hydrogen (secondary N) is 2. The van der Waals surface area contributed by atoms with E-state index >= 15 is 0 Å². The molecule has 0 saturated heterocycles. The van der Waals surface area contributed by atoms with E-state index in [4.69, 9.17) is 5.10 Å². The standard InChI is InChI=1S/C26H33N5O2/c1-17-12-13-20(14-19(17)3)27-25(33)30(7)16-24(32)28-23-15-22(26(4,5)6)29-31(23)21-11-9-8-10-18(21)2/h8-15H,16H2,1-7H3,(H,27,33)(H,28,32). The van der Waals surface area contributed by atoms with Crippen LogP contribution in [0.3, 0.4) is 0 Å². The van der Waals surface area contributed by atoms with Crippen molar-refractivity contribution in [2.45, 2.75) is 47.0 Å². The first-order valence-electron chi connectivity index (χ1n) is 11.0. The lowest BCUT2D eigenvalue weighted by Crippen LogP contribution is -2.38. The summed E-state index contributed by atoms with van der Waals surface area (Å²) in [5, 5.41) is 10.5. The maximum absolute atomic E-state index is 12.8. The number of aryl methyl sites for hydroxylation is 3. The van der Waals surface area contributed by atoms with Crippen molar-refractivity contribution >= 4 is 23.4 Å². The number of carbonyl (C=O) groups is 2. The van der Waals surface area contributed by atoms with Crippen LogP contribution in [0.4, 0.5) is 16.3 Å². The van der Waals surface area contributed by atoms with E-state index in [1.807, 2.05) is 69.3 Å². The van der Waals surface area contributed by atoms with Crippen LogP contribution in [0.2, 0.25) is 0 Å². The van der Waals surface area contributed by atoms with Gasteiger partial charge in [0.05, 0.1) is 11.4 Å². The van der Waals surface area contributed by atoms with Crippen molar-refractivity contribution in [1.82, 2.24) is 14.7 Å². The summed E-state index contributed by atoms with van der Waals surface area (Å²) in [7, 11) is 1.59. The lowest BCUT2D eigenvalue weighted by molar-refractivity contribution is -0.116. The van der Waals surface area contributed by atoms with Gasteiger partial charge in [0, 0.05) is 24.2 Å². The molecule has 0 aliphatic carbocycles. The molecule has 0 spiro atoms. The van der Waals surface area contributed by atoms with Gasteiger partial charge in [0.25, 0.3) is 0 Å². The van der Waals surface area contributed by atoms with Crippen LogP contribution in [0.5, 0.6) is 0 Å². The zero-order chi connectivity index (χ0) is 24.3. The second-order valence-electron chi connectivity index (χ2n) is 9.50. The monoisotopic (exact) mass is 447 g/mol. The van der Waals surface area contributed by atoms with Crippen LogP contribution >= 0.6 is 0 Å². The second kappa shape index (κ2) is 9.48. The Hall–Kier alpha value is -3.61. The van der Waals surface area contributed by atoms with Gasteiger partial charge in [-0.25, -0.2) is 9.48 Å². The highest BCUT2D eigenvalue weighted by molar-refractivity contribution is 5.96. The number of hydrogen-bond acceptors (Lipinski definition) is 3. The van der Waals surface area contributed by atoms with Crippen LogP contribution in [-0.4, -0.2) is 40.2 Å². The van der Waals surface area contributed by atoms with E-state index in [1.165, 1.54) is 4.90 Å². The first kappa shape index (κ1) is 24.0. The van der Waals surface area contributed by atoms with E-state index in [9.17, 15) is 9.59 Å². The van der Waals surface area contributed by atoms with Gasteiger partial charge in [0.1, 0.15) is 12.4 Å².